The number of ether oxygens (including phenoxy) is 1. The van der Waals surface area contributed by atoms with Crippen LogP contribution in [-0.4, -0.2) is 78.1 Å². The topological polar surface area (TPSA) is 106 Å². The van der Waals surface area contributed by atoms with E-state index in [9.17, 15) is 19.6 Å². The van der Waals surface area contributed by atoms with Gasteiger partial charge in [-0.3, -0.25) is 14.5 Å². The molecule has 1 N–H and O–H groups in total. The predicted molar refractivity (Wildman–Crippen MR) is 137 cm³/mol. The number of hydrogen-bond acceptors (Lipinski definition) is 6. The number of hydrogen-bond donors (Lipinski definition) is 1. The number of likely N-dealkylation sites (N-methyl/N-ethyl adjacent to an activating group) is 1. The maximum Gasteiger partial charge on any atom is 0.411 e. The average molecular weight is 498 g/mol. The van der Waals surface area contributed by atoms with Crippen molar-refractivity contribution in [1.82, 2.24) is 15.1 Å². The zero-order valence-electron chi connectivity index (χ0n) is 22.3. The molecule has 0 aliphatic carbocycles. The standard InChI is InChI=1S/C27H39N5O4/c1-18-7-8-19(2)32(26(35)36-27(3,4)5)24(18)25(34)29-21(16-28)15-20-9-11-22(12-10-20)31-14-13-30(6)23(33)17-31/h9-12,18-19,21,24H,7-8,13-15,17H2,1-6H3,(H,29,34)/t18-,19+,21+,24+/m1/s1. The SMILES string of the molecule is C[C@@H]1CC[C@H](C)N(C(=O)OC(C)(C)C)[C@@H]1C(=O)N[C@H](C#N)Cc1ccc(N2CCN(C)C(=O)C2)cc1. The van der Waals surface area contributed by atoms with E-state index < -0.39 is 23.8 Å². The summed E-state index contributed by atoms with van der Waals surface area (Å²) in [5, 5.41) is 12.6. The monoisotopic (exact) mass is 497 g/mol. The van der Waals surface area contributed by atoms with E-state index in [2.05, 4.69) is 11.4 Å². The van der Waals surface area contributed by atoms with Gasteiger partial charge in [0, 0.05) is 38.3 Å². The van der Waals surface area contributed by atoms with Crippen molar-refractivity contribution >= 4 is 23.6 Å². The molecule has 196 valence electrons. The minimum atomic E-state index is -0.738. The molecule has 2 fully saturated rings. The predicted octanol–water partition coefficient (Wildman–Crippen LogP) is 2.94. The first kappa shape index (κ1) is 27.3. The molecule has 9 nitrogen and oxygen atoms in total. The molecule has 3 rings (SSSR count). The molecule has 0 bridgehead atoms. The molecular formula is C27H39N5O4. The summed E-state index contributed by atoms with van der Waals surface area (Å²) in [6, 6.07) is 8.35. The largest absolute Gasteiger partial charge is 0.444 e. The number of nitriles is 1. The zero-order chi connectivity index (χ0) is 26.6. The van der Waals surface area contributed by atoms with Gasteiger partial charge in [-0.1, -0.05) is 19.1 Å². The van der Waals surface area contributed by atoms with E-state index in [4.69, 9.17) is 4.74 Å². The summed E-state index contributed by atoms with van der Waals surface area (Å²) in [4.78, 5) is 43.6. The van der Waals surface area contributed by atoms with Crippen molar-refractivity contribution in [3.8, 4) is 6.07 Å². The van der Waals surface area contributed by atoms with E-state index in [1.54, 1.807) is 32.7 Å². The Morgan fingerprint density at radius 2 is 1.83 bits per heavy atom. The van der Waals surface area contributed by atoms with Gasteiger partial charge in [0.05, 0.1) is 12.6 Å². The van der Waals surface area contributed by atoms with E-state index in [-0.39, 0.29) is 23.8 Å². The Labute approximate surface area is 214 Å². The summed E-state index contributed by atoms with van der Waals surface area (Å²) in [6.45, 7) is 11.1. The first-order valence-corrected chi connectivity index (χ1v) is 12.7. The van der Waals surface area contributed by atoms with Gasteiger partial charge in [-0.25, -0.2) is 4.79 Å². The number of piperazine rings is 1. The average Bonchev–Trinajstić information content (AvgIpc) is 2.80. The van der Waals surface area contributed by atoms with Crippen LogP contribution in [0.5, 0.6) is 0 Å². The van der Waals surface area contributed by atoms with E-state index in [0.717, 1.165) is 30.6 Å². The molecule has 9 heteroatoms. The number of likely N-dealkylation sites (tertiary alicyclic amines) is 1. The van der Waals surface area contributed by atoms with Crippen molar-refractivity contribution in [2.75, 3.05) is 31.6 Å². The number of carbonyl (C=O) groups is 3. The molecule has 2 heterocycles. The van der Waals surface area contributed by atoms with Gasteiger partial charge >= 0.3 is 6.09 Å². The zero-order valence-corrected chi connectivity index (χ0v) is 22.3. The van der Waals surface area contributed by atoms with Crippen molar-refractivity contribution in [2.45, 2.75) is 77.6 Å². The van der Waals surface area contributed by atoms with Crippen molar-refractivity contribution < 1.29 is 19.1 Å². The molecule has 2 aliphatic rings. The van der Waals surface area contributed by atoms with Gasteiger partial charge in [0.1, 0.15) is 17.7 Å². The lowest BCUT2D eigenvalue weighted by molar-refractivity contribution is -0.131. The number of nitrogens with one attached hydrogen (secondary N) is 1. The van der Waals surface area contributed by atoms with Crippen molar-refractivity contribution in [3.63, 3.8) is 0 Å². The minimum Gasteiger partial charge on any atom is -0.444 e. The Morgan fingerprint density at radius 3 is 2.42 bits per heavy atom. The third-order valence-electron chi connectivity index (χ3n) is 6.90. The van der Waals surface area contributed by atoms with Crippen LogP contribution in [0, 0.1) is 17.2 Å². The van der Waals surface area contributed by atoms with Gasteiger partial charge < -0.3 is 19.9 Å². The summed E-state index contributed by atoms with van der Waals surface area (Å²) in [5.74, 6) is -0.304. The van der Waals surface area contributed by atoms with Gasteiger partial charge in [-0.2, -0.15) is 5.26 Å². The van der Waals surface area contributed by atoms with Crippen LogP contribution in [0.1, 0.15) is 53.0 Å². The Kier molecular flexibility index (Phi) is 8.49. The quantitative estimate of drug-likeness (QED) is 0.671. The molecule has 0 aromatic heterocycles. The van der Waals surface area contributed by atoms with Crippen LogP contribution in [0.3, 0.4) is 0 Å². The molecule has 36 heavy (non-hydrogen) atoms. The third-order valence-corrected chi connectivity index (χ3v) is 6.90. The van der Waals surface area contributed by atoms with Crippen molar-refractivity contribution in [1.29, 1.82) is 5.26 Å². The molecule has 0 unspecified atom stereocenters. The highest BCUT2D eigenvalue weighted by atomic mass is 16.6. The van der Waals surface area contributed by atoms with Crippen LogP contribution in [0.15, 0.2) is 24.3 Å². The number of anilines is 1. The molecule has 1 aromatic carbocycles. The lowest BCUT2D eigenvalue weighted by Crippen LogP contribution is -2.60. The second-order valence-corrected chi connectivity index (χ2v) is 11.0. The summed E-state index contributed by atoms with van der Waals surface area (Å²) < 4.78 is 5.59. The highest BCUT2D eigenvalue weighted by molar-refractivity contribution is 5.87. The molecule has 2 aliphatic heterocycles. The molecule has 0 radical (unpaired) electrons. The molecule has 0 saturated carbocycles. The van der Waals surface area contributed by atoms with Crippen LogP contribution < -0.4 is 10.2 Å². The van der Waals surface area contributed by atoms with E-state index >= 15 is 0 Å². The third kappa shape index (κ3) is 6.68. The number of nitrogens with zero attached hydrogens (tertiary/aromatic N) is 4. The summed E-state index contributed by atoms with van der Waals surface area (Å²) in [6.07, 6.45) is 1.43. The maximum atomic E-state index is 13.4. The van der Waals surface area contributed by atoms with E-state index in [1.807, 2.05) is 43.0 Å². The van der Waals surface area contributed by atoms with Gasteiger partial charge in [0.15, 0.2) is 0 Å². The Morgan fingerprint density at radius 1 is 1.17 bits per heavy atom. The fourth-order valence-electron chi connectivity index (χ4n) is 4.79. The first-order chi connectivity index (χ1) is 16.9. The second-order valence-electron chi connectivity index (χ2n) is 11.0. The molecule has 2 saturated heterocycles. The van der Waals surface area contributed by atoms with Crippen molar-refractivity contribution in [2.24, 2.45) is 5.92 Å². The Balaban J connectivity index is 1.67. The normalized spacial score (nSPS) is 23.6. The fourth-order valence-corrected chi connectivity index (χ4v) is 4.79. The summed E-state index contributed by atoms with van der Waals surface area (Å²) in [7, 11) is 1.81. The lowest BCUT2D eigenvalue weighted by atomic mass is 9.86. The van der Waals surface area contributed by atoms with Crippen molar-refractivity contribution in [3.05, 3.63) is 29.8 Å². The Hall–Kier alpha value is -3.28. The number of amides is 3. The lowest BCUT2D eigenvalue weighted by Gasteiger charge is -2.43. The highest BCUT2D eigenvalue weighted by Crippen LogP contribution is 2.30. The number of carbonyl (C=O) groups excluding carboxylic acids is 3. The smallest absolute Gasteiger partial charge is 0.411 e. The minimum absolute atomic E-state index is 0.0568. The molecule has 4 atom stereocenters. The van der Waals surface area contributed by atoms with Gasteiger partial charge in [-0.05, 0) is 64.2 Å². The van der Waals surface area contributed by atoms with Crippen LogP contribution in [0.25, 0.3) is 0 Å². The first-order valence-electron chi connectivity index (χ1n) is 12.7. The van der Waals surface area contributed by atoms with Crippen LogP contribution in [0.2, 0.25) is 0 Å². The number of rotatable bonds is 5. The van der Waals surface area contributed by atoms with Gasteiger partial charge in [-0.15, -0.1) is 0 Å². The van der Waals surface area contributed by atoms with Gasteiger partial charge in [0.2, 0.25) is 11.8 Å². The van der Waals surface area contributed by atoms with Crippen LogP contribution >= 0.6 is 0 Å². The summed E-state index contributed by atoms with van der Waals surface area (Å²) >= 11 is 0. The fraction of sp³-hybridized carbons (Fsp3) is 0.630. The maximum absolute atomic E-state index is 13.4. The van der Waals surface area contributed by atoms with E-state index in [1.165, 1.54) is 4.90 Å². The molecule has 3 amide bonds. The van der Waals surface area contributed by atoms with Gasteiger partial charge in [0.25, 0.3) is 0 Å². The molecular weight excluding hydrogens is 458 g/mol. The second kappa shape index (κ2) is 11.2. The highest BCUT2D eigenvalue weighted by Gasteiger charge is 2.43. The number of piperidine rings is 1. The van der Waals surface area contributed by atoms with E-state index in [0.29, 0.717) is 19.5 Å². The van der Waals surface area contributed by atoms with Crippen LogP contribution in [0.4, 0.5) is 10.5 Å². The summed E-state index contributed by atoms with van der Waals surface area (Å²) in [5.41, 5.74) is 1.19. The Bertz CT molecular complexity index is 997. The number of benzene rings is 1. The molecule has 0 spiro atoms. The molecule has 1 aromatic rings. The van der Waals surface area contributed by atoms with Crippen LogP contribution in [-0.2, 0) is 20.7 Å².